The van der Waals surface area contributed by atoms with E-state index in [9.17, 15) is 18.4 Å². The van der Waals surface area contributed by atoms with Crippen molar-refractivity contribution in [2.45, 2.75) is 44.3 Å². The molecule has 0 unspecified atom stereocenters. The van der Waals surface area contributed by atoms with E-state index in [1.165, 1.54) is 12.4 Å². The Hall–Kier alpha value is -3.36. The topological polar surface area (TPSA) is 88.3 Å². The Balaban J connectivity index is 1.61. The molecule has 0 spiro atoms. The molecule has 0 radical (unpaired) electrons. The molecule has 1 aromatic heterocycles. The van der Waals surface area contributed by atoms with Crippen molar-refractivity contribution >= 4 is 29.1 Å². The van der Waals surface area contributed by atoms with Crippen LogP contribution in [-0.2, 0) is 6.54 Å². The zero-order valence-corrected chi connectivity index (χ0v) is 19.6. The van der Waals surface area contributed by atoms with E-state index in [1.807, 2.05) is 0 Å². The average Bonchev–Trinajstić information content (AvgIpc) is 2.84. The van der Waals surface area contributed by atoms with Crippen LogP contribution in [0.5, 0.6) is 0 Å². The van der Waals surface area contributed by atoms with Crippen molar-refractivity contribution in [2.75, 3.05) is 5.32 Å². The Labute approximate surface area is 207 Å². The largest absolute Gasteiger partial charge is 0.331 e. The Kier molecular flexibility index (Phi) is 7.73. The number of amides is 2. The SMILES string of the molecule is NC1CCC(N(Cc2cc(NC(=O)c3ccncc3)ccc2Cl)C(=O)c2cc(F)cc(F)c2)CC1. The summed E-state index contributed by atoms with van der Waals surface area (Å²) in [6.45, 7) is 0.106. The molecule has 0 bridgehead atoms. The number of anilines is 1. The summed E-state index contributed by atoms with van der Waals surface area (Å²) >= 11 is 6.46. The highest BCUT2D eigenvalue weighted by Gasteiger charge is 2.29. The number of carbonyl (C=O) groups excluding carboxylic acids is 2. The molecule has 1 aliphatic carbocycles. The van der Waals surface area contributed by atoms with Crippen LogP contribution >= 0.6 is 11.6 Å². The van der Waals surface area contributed by atoms with Gasteiger partial charge in [-0.2, -0.15) is 0 Å². The molecule has 2 aromatic carbocycles. The predicted molar refractivity (Wildman–Crippen MR) is 130 cm³/mol. The molecule has 2 amide bonds. The molecule has 182 valence electrons. The lowest BCUT2D eigenvalue weighted by Crippen LogP contribution is -2.44. The van der Waals surface area contributed by atoms with Gasteiger partial charge in [-0.3, -0.25) is 14.6 Å². The van der Waals surface area contributed by atoms with Gasteiger partial charge in [-0.15, -0.1) is 0 Å². The minimum atomic E-state index is -0.821. The second-order valence-electron chi connectivity index (χ2n) is 8.66. The Morgan fingerprint density at radius 2 is 1.63 bits per heavy atom. The zero-order chi connectivity index (χ0) is 24.9. The molecule has 0 aliphatic heterocycles. The van der Waals surface area contributed by atoms with Crippen molar-refractivity contribution in [3.05, 3.63) is 94.3 Å². The van der Waals surface area contributed by atoms with Crippen molar-refractivity contribution in [1.82, 2.24) is 9.88 Å². The van der Waals surface area contributed by atoms with Crippen molar-refractivity contribution in [1.29, 1.82) is 0 Å². The van der Waals surface area contributed by atoms with Gasteiger partial charge in [0.25, 0.3) is 11.8 Å². The number of pyridine rings is 1. The fourth-order valence-electron chi connectivity index (χ4n) is 4.29. The highest BCUT2D eigenvalue weighted by atomic mass is 35.5. The van der Waals surface area contributed by atoms with E-state index in [0.29, 0.717) is 34.7 Å². The molecule has 3 N–H and O–H groups in total. The summed E-state index contributed by atoms with van der Waals surface area (Å²) in [5.74, 6) is -2.45. The van der Waals surface area contributed by atoms with Crippen molar-refractivity contribution in [3.8, 4) is 0 Å². The summed E-state index contributed by atoms with van der Waals surface area (Å²) in [6, 6.07) is 10.9. The van der Waals surface area contributed by atoms with Gasteiger partial charge in [-0.25, -0.2) is 8.78 Å². The van der Waals surface area contributed by atoms with Crippen molar-refractivity contribution in [3.63, 3.8) is 0 Å². The number of halogens is 3. The molecular weight excluding hydrogens is 474 g/mol. The number of nitrogens with zero attached hydrogens (tertiary/aromatic N) is 2. The van der Waals surface area contributed by atoms with E-state index in [1.54, 1.807) is 35.2 Å². The monoisotopic (exact) mass is 498 g/mol. The number of benzene rings is 2. The summed E-state index contributed by atoms with van der Waals surface area (Å²) < 4.78 is 27.7. The van der Waals surface area contributed by atoms with Gasteiger partial charge >= 0.3 is 0 Å². The second kappa shape index (κ2) is 10.9. The number of rotatable bonds is 6. The predicted octanol–water partition coefficient (Wildman–Crippen LogP) is 5.18. The third-order valence-corrected chi connectivity index (χ3v) is 6.51. The highest BCUT2D eigenvalue weighted by molar-refractivity contribution is 6.31. The van der Waals surface area contributed by atoms with E-state index in [2.05, 4.69) is 10.3 Å². The molecule has 4 rings (SSSR count). The Morgan fingerprint density at radius 1 is 0.971 bits per heavy atom. The molecule has 6 nitrogen and oxygen atoms in total. The van der Waals surface area contributed by atoms with Gasteiger partial charge in [0.05, 0.1) is 0 Å². The number of nitrogens with two attached hydrogens (primary N) is 1. The minimum absolute atomic E-state index is 0.0603. The Bertz CT molecular complexity index is 1200. The quantitative estimate of drug-likeness (QED) is 0.490. The van der Waals surface area contributed by atoms with E-state index in [-0.39, 0.29) is 30.1 Å². The molecule has 1 fully saturated rings. The maximum absolute atomic E-state index is 13.9. The average molecular weight is 499 g/mol. The molecule has 3 aromatic rings. The molecule has 35 heavy (non-hydrogen) atoms. The molecule has 0 atom stereocenters. The smallest absolute Gasteiger partial charge is 0.255 e. The standard InChI is InChI=1S/C26H25ClF2N4O2/c27-24-6-3-22(32-25(34)16-7-9-31-10-8-16)13-18(24)15-33(23-4-1-21(30)2-5-23)26(35)17-11-19(28)14-20(29)12-17/h3,6-14,21,23H,1-2,4-5,15,30H2,(H,32,34). The van der Waals surface area contributed by atoms with Crippen LogP contribution in [0.2, 0.25) is 5.02 Å². The highest BCUT2D eigenvalue weighted by Crippen LogP contribution is 2.29. The van der Waals surface area contributed by atoms with Crippen LogP contribution in [0, 0.1) is 11.6 Å². The lowest BCUT2D eigenvalue weighted by Gasteiger charge is -2.36. The third-order valence-electron chi connectivity index (χ3n) is 6.14. The van der Waals surface area contributed by atoms with E-state index in [4.69, 9.17) is 17.3 Å². The normalized spacial score (nSPS) is 17.6. The first-order valence-electron chi connectivity index (χ1n) is 11.3. The van der Waals surface area contributed by atoms with Crippen LogP contribution in [0.3, 0.4) is 0 Å². The van der Waals surface area contributed by atoms with Crippen LogP contribution in [0.4, 0.5) is 14.5 Å². The molecule has 0 saturated heterocycles. The van der Waals surface area contributed by atoms with Gasteiger partial charge < -0.3 is 16.0 Å². The lowest BCUT2D eigenvalue weighted by molar-refractivity contribution is 0.0605. The molecule has 1 heterocycles. The van der Waals surface area contributed by atoms with Gasteiger partial charge in [0.15, 0.2) is 0 Å². The molecule has 1 saturated carbocycles. The summed E-state index contributed by atoms with van der Waals surface area (Å²) in [5.41, 5.74) is 7.52. The van der Waals surface area contributed by atoms with Crippen LogP contribution in [0.1, 0.15) is 52.0 Å². The van der Waals surface area contributed by atoms with Crippen molar-refractivity contribution < 1.29 is 18.4 Å². The van der Waals surface area contributed by atoms with Crippen LogP contribution in [-0.4, -0.2) is 33.8 Å². The van der Waals surface area contributed by atoms with Gasteiger partial charge in [-0.05, 0) is 73.7 Å². The molecular formula is C26H25ClF2N4O2. The van der Waals surface area contributed by atoms with Gasteiger partial charge in [-0.1, -0.05) is 11.6 Å². The lowest BCUT2D eigenvalue weighted by atomic mass is 9.90. The second-order valence-corrected chi connectivity index (χ2v) is 9.06. The molecule has 9 heteroatoms. The first kappa shape index (κ1) is 24.8. The van der Waals surface area contributed by atoms with Crippen LogP contribution in [0.15, 0.2) is 60.9 Å². The zero-order valence-electron chi connectivity index (χ0n) is 18.9. The maximum Gasteiger partial charge on any atom is 0.255 e. The summed E-state index contributed by atoms with van der Waals surface area (Å²) in [5, 5.41) is 3.22. The number of carbonyl (C=O) groups is 2. The number of aromatic nitrogens is 1. The van der Waals surface area contributed by atoms with Crippen LogP contribution in [0.25, 0.3) is 0 Å². The first-order chi connectivity index (χ1) is 16.8. The first-order valence-corrected chi connectivity index (χ1v) is 11.7. The van der Waals surface area contributed by atoms with E-state index in [0.717, 1.165) is 31.0 Å². The van der Waals surface area contributed by atoms with Gasteiger partial charge in [0, 0.05) is 58.9 Å². The number of nitrogens with one attached hydrogen (secondary N) is 1. The summed E-state index contributed by atoms with van der Waals surface area (Å²) in [6.07, 6.45) is 5.86. The molecule has 1 aliphatic rings. The summed E-state index contributed by atoms with van der Waals surface area (Å²) in [7, 11) is 0. The fourth-order valence-corrected chi connectivity index (χ4v) is 4.46. The minimum Gasteiger partial charge on any atom is -0.331 e. The van der Waals surface area contributed by atoms with E-state index < -0.39 is 17.5 Å². The third kappa shape index (κ3) is 6.21. The maximum atomic E-state index is 13.9. The summed E-state index contributed by atoms with van der Waals surface area (Å²) in [4.78, 5) is 31.5. The Morgan fingerprint density at radius 3 is 2.29 bits per heavy atom. The number of hydrogen-bond acceptors (Lipinski definition) is 4. The number of hydrogen-bond donors (Lipinski definition) is 2. The fraction of sp³-hybridized carbons (Fsp3) is 0.269. The van der Waals surface area contributed by atoms with Gasteiger partial charge in [0.2, 0.25) is 0 Å². The van der Waals surface area contributed by atoms with Crippen molar-refractivity contribution in [2.24, 2.45) is 5.73 Å². The van der Waals surface area contributed by atoms with Crippen LogP contribution < -0.4 is 11.1 Å². The van der Waals surface area contributed by atoms with E-state index >= 15 is 0 Å². The van der Waals surface area contributed by atoms with Gasteiger partial charge in [0.1, 0.15) is 11.6 Å².